The van der Waals surface area contributed by atoms with Crippen molar-refractivity contribution in [2.75, 3.05) is 0 Å². The Morgan fingerprint density at radius 2 is 1.46 bits per heavy atom. The Kier molecular flexibility index (Phi) is 7.19. The zero-order chi connectivity index (χ0) is 25.1. The van der Waals surface area contributed by atoms with Gasteiger partial charge in [0.05, 0.1) is 21.8 Å². The maximum absolute atomic E-state index is 14.6. The van der Waals surface area contributed by atoms with Gasteiger partial charge in [0.1, 0.15) is 11.6 Å². The lowest BCUT2D eigenvalue weighted by atomic mass is 9.79. The highest BCUT2D eigenvalue weighted by Gasteiger charge is 2.39. The van der Waals surface area contributed by atoms with Gasteiger partial charge in [0, 0.05) is 19.2 Å². The smallest absolute Gasteiger partial charge is 0.298 e. The van der Waals surface area contributed by atoms with E-state index >= 15 is 0 Å². The lowest BCUT2D eigenvalue weighted by Gasteiger charge is -2.36. The molecule has 0 radical (unpaired) electrons. The molecular weight excluding hydrogens is 483 g/mol. The van der Waals surface area contributed by atoms with Crippen LogP contribution in [0.1, 0.15) is 27.9 Å². The average molecular weight is 503 g/mol. The summed E-state index contributed by atoms with van der Waals surface area (Å²) in [4.78, 5) is 4.40. The Morgan fingerprint density at radius 1 is 0.743 bits per heavy atom. The third kappa shape index (κ3) is 5.86. The van der Waals surface area contributed by atoms with Crippen molar-refractivity contribution >= 4 is 11.6 Å². The molecule has 0 aliphatic carbocycles. The summed E-state index contributed by atoms with van der Waals surface area (Å²) in [5.74, 6) is -1.48. The van der Waals surface area contributed by atoms with E-state index in [4.69, 9.17) is 11.6 Å². The van der Waals surface area contributed by atoms with Crippen molar-refractivity contribution in [3.05, 3.63) is 136 Å². The topological polar surface area (TPSA) is 24.9 Å². The fraction of sp³-hybridized carbons (Fsp3) is 0.148. The number of benzene rings is 3. The van der Waals surface area contributed by atoms with E-state index in [1.165, 1.54) is 24.4 Å². The number of nitrogens with zero attached hydrogens (tertiary/aromatic N) is 1. The Hall–Kier alpha value is -3.29. The van der Waals surface area contributed by atoms with Crippen LogP contribution in [-0.4, -0.2) is 4.98 Å². The summed E-state index contributed by atoms with van der Waals surface area (Å²) in [6.07, 6.45) is -3.24. The van der Waals surface area contributed by atoms with Gasteiger partial charge in [0.2, 0.25) is 0 Å². The number of hydrogen-bond acceptors (Lipinski definition) is 2. The SMILES string of the molecule is Fc1cccc(CNC(Cc2ccccc2)(c2cc(F)cc(C(F)(F)F)c2)c2ccc(Cl)cn2)c1. The molecule has 1 aromatic heterocycles. The summed E-state index contributed by atoms with van der Waals surface area (Å²) < 4.78 is 69.4. The number of nitrogens with one attached hydrogen (secondary N) is 1. The van der Waals surface area contributed by atoms with E-state index in [1.807, 2.05) is 18.2 Å². The molecule has 0 fully saturated rings. The van der Waals surface area contributed by atoms with Gasteiger partial charge in [-0.3, -0.25) is 10.3 Å². The molecule has 0 saturated carbocycles. The van der Waals surface area contributed by atoms with E-state index in [1.54, 1.807) is 30.3 Å². The number of rotatable bonds is 7. The van der Waals surface area contributed by atoms with Crippen LogP contribution in [0.4, 0.5) is 22.0 Å². The molecule has 2 nitrogen and oxygen atoms in total. The van der Waals surface area contributed by atoms with Crippen molar-refractivity contribution in [3.8, 4) is 0 Å². The lowest BCUT2D eigenvalue weighted by Crippen LogP contribution is -2.46. The highest BCUT2D eigenvalue weighted by atomic mass is 35.5. The van der Waals surface area contributed by atoms with Crippen molar-refractivity contribution in [2.45, 2.75) is 24.7 Å². The molecule has 0 saturated heterocycles. The molecule has 1 unspecified atom stereocenters. The molecule has 3 aromatic carbocycles. The quantitative estimate of drug-likeness (QED) is 0.268. The van der Waals surface area contributed by atoms with Gasteiger partial charge < -0.3 is 0 Å². The molecule has 1 heterocycles. The van der Waals surface area contributed by atoms with Crippen molar-refractivity contribution in [3.63, 3.8) is 0 Å². The van der Waals surface area contributed by atoms with Gasteiger partial charge >= 0.3 is 6.18 Å². The molecule has 0 bridgehead atoms. The number of pyridine rings is 1. The molecule has 35 heavy (non-hydrogen) atoms. The molecule has 1 N–H and O–H groups in total. The predicted molar refractivity (Wildman–Crippen MR) is 125 cm³/mol. The molecule has 0 aliphatic rings. The molecule has 0 amide bonds. The van der Waals surface area contributed by atoms with Crippen LogP contribution < -0.4 is 5.32 Å². The lowest BCUT2D eigenvalue weighted by molar-refractivity contribution is -0.137. The highest BCUT2D eigenvalue weighted by Crippen LogP contribution is 2.38. The van der Waals surface area contributed by atoms with Crippen molar-refractivity contribution in [2.24, 2.45) is 0 Å². The van der Waals surface area contributed by atoms with Crippen LogP contribution in [0.2, 0.25) is 5.02 Å². The van der Waals surface area contributed by atoms with Gasteiger partial charge in [-0.2, -0.15) is 13.2 Å². The Labute approximate surface area is 204 Å². The largest absolute Gasteiger partial charge is 0.416 e. The second-order valence-corrected chi connectivity index (χ2v) is 8.58. The number of alkyl halides is 3. The van der Waals surface area contributed by atoms with E-state index in [2.05, 4.69) is 10.3 Å². The first-order valence-electron chi connectivity index (χ1n) is 10.7. The zero-order valence-electron chi connectivity index (χ0n) is 18.3. The molecule has 8 heteroatoms. The minimum absolute atomic E-state index is 0.0277. The monoisotopic (exact) mass is 502 g/mol. The van der Waals surface area contributed by atoms with E-state index < -0.39 is 28.9 Å². The summed E-state index contributed by atoms with van der Waals surface area (Å²) in [7, 11) is 0. The van der Waals surface area contributed by atoms with Gasteiger partial charge in [0.25, 0.3) is 0 Å². The fourth-order valence-corrected chi connectivity index (χ4v) is 4.14. The van der Waals surface area contributed by atoms with Gasteiger partial charge in [-0.1, -0.05) is 54.1 Å². The maximum Gasteiger partial charge on any atom is 0.416 e. The van der Waals surface area contributed by atoms with Crippen LogP contribution in [-0.2, 0) is 24.7 Å². The minimum Gasteiger partial charge on any atom is -0.298 e. The van der Waals surface area contributed by atoms with Gasteiger partial charge in [-0.25, -0.2) is 8.78 Å². The van der Waals surface area contributed by atoms with Crippen LogP contribution in [0.3, 0.4) is 0 Å². The predicted octanol–water partition coefficient (Wildman–Crippen LogP) is 7.31. The van der Waals surface area contributed by atoms with Crippen LogP contribution >= 0.6 is 11.6 Å². The molecule has 4 aromatic rings. The first-order valence-corrected chi connectivity index (χ1v) is 11.1. The van der Waals surface area contributed by atoms with E-state index in [9.17, 15) is 22.0 Å². The maximum atomic E-state index is 14.6. The fourth-order valence-electron chi connectivity index (χ4n) is 4.03. The van der Waals surface area contributed by atoms with Gasteiger partial charge in [0.15, 0.2) is 0 Å². The third-order valence-electron chi connectivity index (χ3n) is 5.68. The normalized spacial score (nSPS) is 13.4. The third-order valence-corrected chi connectivity index (χ3v) is 5.90. The molecule has 0 spiro atoms. The molecule has 1 atom stereocenters. The first-order chi connectivity index (χ1) is 16.7. The van der Waals surface area contributed by atoms with Crippen molar-refractivity contribution < 1.29 is 22.0 Å². The number of aromatic nitrogens is 1. The number of halogens is 6. The first kappa shape index (κ1) is 24.8. The standard InChI is InChI=1S/C27H20ClF5N2/c28-22-9-10-25(34-17-22)26(15-18-5-2-1-3-6-18,35-16-19-7-4-8-23(29)11-19)20-12-21(27(31,32)33)14-24(30)13-20/h1-14,17,35H,15-16H2. The van der Waals surface area contributed by atoms with E-state index in [-0.39, 0.29) is 18.5 Å². The van der Waals surface area contributed by atoms with Gasteiger partial charge in [-0.15, -0.1) is 0 Å². The second kappa shape index (κ2) is 10.1. The van der Waals surface area contributed by atoms with E-state index in [0.717, 1.165) is 17.7 Å². The van der Waals surface area contributed by atoms with Crippen molar-refractivity contribution in [1.29, 1.82) is 0 Å². The average Bonchev–Trinajstić information content (AvgIpc) is 2.82. The van der Waals surface area contributed by atoms with Crippen LogP contribution in [0.15, 0.2) is 91.1 Å². The summed E-state index contributed by atoms with van der Waals surface area (Å²) >= 11 is 6.04. The molecular formula is C27H20ClF5N2. The van der Waals surface area contributed by atoms with Crippen LogP contribution in [0.5, 0.6) is 0 Å². The van der Waals surface area contributed by atoms with Crippen LogP contribution in [0, 0.1) is 11.6 Å². The van der Waals surface area contributed by atoms with Gasteiger partial charge in [-0.05, 0) is 59.2 Å². The summed E-state index contributed by atoms with van der Waals surface area (Å²) in [6.45, 7) is 0.0762. The summed E-state index contributed by atoms with van der Waals surface area (Å²) in [5, 5.41) is 3.61. The second-order valence-electron chi connectivity index (χ2n) is 8.14. The number of hydrogen-bond donors (Lipinski definition) is 1. The zero-order valence-corrected chi connectivity index (χ0v) is 19.0. The summed E-state index contributed by atoms with van der Waals surface area (Å²) in [6, 6.07) is 20.5. The Balaban J connectivity index is 1.93. The summed E-state index contributed by atoms with van der Waals surface area (Å²) in [5.41, 5.74) is -0.828. The highest BCUT2D eigenvalue weighted by molar-refractivity contribution is 6.30. The van der Waals surface area contributed by atoms with E-state index in [0.29, 0.717) is 22.3 Å². The minimum atomic E-state index is -4.76. The molecule has 4 rings (SSSR count). The Morgan fingerprint density at radius 3 is 2.11 bits per heavy atom. The van der Waals surface area contributed by atoms with Crippen LogP contribution in [0.25, 0.3) is 0 Å². The Bertz CT molecular complexity index is 1290. The molecule has 180 valence electrons. The molecule has 0 aliphatic heterocycles. The van der Waals surface area contributed by atoms with Crippen molar-refractivity contribution in [1.82, 2.24) is 10.3 Å².